The van der Waals surface area contributed by atoms with Crippen LogP contribution in [0, 0.1) is 24.7 Å². The number of pyridine rings is 4. The number of amides is 4. The first-order valence-electron chi connectivity index (χ1n) is 26.4. The minimum absolute atomic E-state index is 0.0724. The van der Waals surface area contributed by atoms with Gasteiger partial charge in [-0.1, -0.05) is 0 Å². The second-order valence-corrected chi connectivity index (χ2v) is 21.3. The van der Waals surface area contributed by atoms with Gasteiger partial charge >= 0.3 is 0 Å². The molecule has 11 rings (SSSR count). The van der Waals surface area contributed by atoms with Gasteiger partial charge in [-0.25, -0.2) is 29.3 Å². The Morgan fingerprint density at radius 2 is 1.08 bits per heavy atom. The number of likely N-dealkylation sites (tertiary alicyclic amines) is 2. The van der Waals surface area contributed by atoms with Crippen LogP contribution in [0.2, 0.25) is 0 Å². The maximum Gasteiger partial charge on any atom is 0.256 e. The summed E-state index contributed by atoms with van der Waals surface area (Å²) in [6, 6.07) is 25.4. The number of hydrogen-bond acceptors (Lipinski definition) is 15. The van der Waals surface area contributed by atoms with E-state index in [4.69, 9.17) is 26.4 Å². The molecule has 4 amide bonds. The molecule has 0 spiro atoms. The number of hydrogen-bond donors (Lipinski definition) is 6. The molecule has 79 heavy (non-hydrogen) atoms. The van der Waals surface area contributed by atoms with Crippen molar-refractivity contribution in [1.82, 2.24) is 49.3 Å². The summed E-state index contributed by atoms with van der Waals surface area (Å²) < 4.78 is 8.85. The van der Waals surface area contributed by atoms with E-state index >= 15 is 0 Å². The molecule has 3 aliphatic heterocycles. The molecule has 9 heterocycles. The molecule has 8 aromatic rings. The fourth-order valence-electron chi connectivity index (χ4n) is 10.5. The highest BCUT2D eigenvalue weighted by atomic mass is 16.5. The van der Waals surface area contributed by atoms with Gasteiger partial charge in [-0.2, -0.15) is 10.2 Å². The SMILES string of the molecule is Cc1ccnc(NC(=O)c2ccc(-n3nc([C@@H]4CCCN(C(=O)C(C)(CO)CO)C4)c4ccnc(N)c43)cc2)c1.Cc1ccnc(NC(=O)c2ccc(-n3nc([C@@H]4CCCN(C(=O)C5(C)COC5)C4)c4ccnc(N)c43)cc2)c1. The molecular weight excluding hydrogens is 1000 g/mol. The smallest absolute Gasteiger partial charge is 0.256 e. The van der Waals surface area contributed by atoms with Crippen molar-refractivity contribution in [2.24, 2.45) is 10.8 Å². The highest BCUT2D eigenvalue weighted by molar-refractivity contribution is 6.05. The molecule has 2 atom stereocenters. The molecule has 0 radical (unpaired) electrons. The highest BCUT2D eigenvalue weighted by Crippen LogP contribution is 2.38. The molecule has 0 unspecified atom stereocenters. The molecule has 3 fully saturated rings. The number of aliphatic hydroxyl groups is 2. The summed E-state index contributed by atoms with van der Waals surface area (Å²) in [4.78, 5) is 72.5. The van der Waals surface area contributed by atoms with E-state index in [1.165, 1.54) is 0 Å². The van der Waals surface area contributed by atoms with Crippen LogP contribution < -0.4 is 22.1 Å². The average molecular weight is 1070 g/mol. The molecule has 408 valence electrons. The third-order valence-corrected chi connectivity index (χ3v) is 15.1. The molecular formula is C58H64N14O7. The first-order chi connectivity index (χ1) is 38.1. The lowest BCUT2D eigenvalue weighted by Gasteiger charge is -2.42. The fraction of sp³-hybridized carbons (Fsp3) is 0.345. The lowest BCUT2D eigenvalue weighted by molar-refractivity contribution is -0.169. The number of carbonyl (C=O) groups excluding carboxylic acids is 4. The molecule has 0 bridgehead atoms. The fourth-order valence-corrected chi connectivity index (χ4v) is 10.5. The number of piperidine rings is 2. The normalized spacial score (nSPS) is 17.1. The zero-order valence-electron chi connectivity index (χ0n) is 44.6. The zero-order valence-corrected chi connectivity index (χ0v) is 44.6. The molecule has 21 nitrogen and oxygen atoms in total. The summed E-state index contributed by atoms with van der Waals surface area (Å²) in [5.41, 5.74) is 18.5. The van der Waals surface area contributed by atoms with Gasteiger partial charge in [0, 0.05) is 84.7 Å². The Labute approximate surface area is 456 Å². The number of rotatable bonds is 12. The van der Waals surface area contributed by atoms with Gasteiger partial charge in [-0.15, -0.1) is 0 Å². The molecule has 2 aromatic carbocycles. The first-order valence-corrected chi connectivity index (χ1v) is 26.4. The second-order valence-electron chi connectivity index (χ2n) is 21.3. The first kappa shape index (κ1) is 53.7. The minimum Gasteiger partial charge on any atom is -0.395 e. The Morgan fingerprint density at radius 1 is 0.646 bits per heavy atom. The van der Waals surface area contributed by atoms with Crippen molar-refractivity contribution in [3.8, 4) is 11.4 Å². The number of aryl methyl sites for hydroxylation is 2. The van der Waals surface area contributed by atoms with E-state index in [9.17, 15) is 29.4 Å². The highest BCUT2D eigenvalue weighted by Gasteiger charge is 2.45. The molecule has 3 aliphatic rings. The second kappa shape index (κ2) is 22.4. The van der Waals surface area contributed by atoms with Crippen LogP contribution in [0.15, 0.2) is 110 Å². The summed E-state index contributed by atoms with van der Waals surface area (Å²) in [5, 5.41) is 36.8. The monoisotopic (exact) mass is 1070 g/mol. The van der Waals surface area contributed by atoms with E-state index in [-0.39, 0.29) is 35.5 Å². The Hall–Kier alpha value is -8.66. The van der Waals surface area contributed by atoms with Gasteiger partial charge in [0.1, 0.15) is 34.3 Å². The van der Waals surface area contributed by atoms with Crippen LogP contribution in [-0.4, -0.2) is 136 Å². The quantitative estimate of drug-likeness (QED) is 0.0777. The lowest BCUT2D eigenvalue weighted by atomic mass is 9.85. The van der Waals surface area contributed by atoms with Gasteiger partial charge in [0.15, 0.2) is 0 Å². The Bertz CT molecular complexity index is 3570. The molecule has 21 heteroatoms. The van der Waals surface area contributed by atoms with Crippen LogP contribution >= 0.6 is 0 Å². The maximum atomic E-state index is 13.2. The Kier molecular flexibility index (Phi) is 15.2. The van der Waals surface area contributed by atoms with Crippen LogP contribution in [0.5, 0.6) is 0 Å². The number of nitrogens with two attached hydrogens (primary N) is 2. The summed E-state index contributed by atoms with van der Waals surface area (Å²) in [7, 11) is 0. The molecule has 0 aliphatic carbocycles. The van der Waals surface area contributed by atoms with Crippen molar-refractivity contribution in [3.63, 3.8) is 0 Å². The van der Waals surface area contributed by atoms with Crippen LogP contribution in [0.3, 0.4) is 0 Å². The Balaban J connectivity index is 0.000000178. The minimum atomic E-state index is -1.24. The van der Waals surface area contributed by atoms with Gasteiger partial charge in [-0.3, -0.25) is 19.2 Å². The van der Waals surface area contributed by atoms with Crippen LogP contribution in [0.4, 0.5) is 23.3 Å². The third-order valence-electron chi connectivity index (χ3n) is 15.1. The summed E-state index contributed by atoms with van der Waals surface area (Å²) in [6.07, 6.45) is 10.1. The van der Waals surface area contributed by atoms with E-state index < -0.39 is 24.0 Å². The van der Waals surface area contributed by atoms with Crippen LogP contribution in [-0.2, 0) is 14.3 Å². The van der Waals surface area contributed by atoms with Crippen LogP contribution in [0.1, 0.15) is 94.6 Å². The average Bonchev–Trinajstić information content (AvgIpc) is 4.12. The van der Waals surface area contributed by atoms with Gasteiger partial charge in [0.25, 0.3) is 11.8 Å². The number of ether oxygens (including phenoxy) is 1. The molecule has 8 N–H and O–H groups in total. The number of aromatic nitrogens is 8. The largest absolute Gasteiger partial charge is 0.395 e. The van der Waals surface area contributed by atoms with Gasteiger partial charge in [0.05, 0.1) is 60.0 Å². The van der Waals surface area contributed by atoms with E-state index in [2.05, 4.69) is 30.6 Å². The van der Waals surface area contributed by atoms with E-state index in [1.54, 1.807) is 88.4 Å². The van der Waals surface area contributed by atoms with Gasteiger partial charge in [-0.05, 0) is 149 Å². The lowest BCUT2D eigenvalue weighted by Crippen LogP contribution is -2.55. The number of anilines is 4. The number of aliphatic hydroxyl groups excluding tert-OH is 2. The van der Waals surface area contributed by atoms with Crippen molar-refractivity contribution in [1.29, 1.82) is 0 Å². The Morgan fingerprint density at radius 3 is 1.49 bits per heavy atom. The molecule has 6 aromatic heterocycles. The van der Waals surface area contributed by atoms with Gasteiger partial charge < -0.3 is 46.9 Å². The zero-order chi connectivity index (χ0) is 55.6. The predicted octanol–water partition coefficient (Wildman–Crippen LogP) is 6.36. The van der Waals surface area contributed by atoms with Crippen LogP contribution in [0.25, 0.3) is 33.2 Å². The summed E-state index contributed by atoms with van der Waals surface area (Å²) in [6.45, 7) is 9.81. The maximum absolute atomic E-state index is 13.2. The summed E-state index contributed by atoms with van der Waals surface area (Å²) in [5.74, 6) is 1.03. The van der Waals surface area contributed by atoms with E-state index in [0.29, 0.717) is 78.5 Å². The standard InChI is InChI=1S/C29H33N7O4.C29H31N7O3/c1-18-9-11-31-23(14-18)33-27(39)19-5-7-21(8-6-19)36-25-22(10-12-32-26(25)30)24(34-36)20-4-3-13-35(15-20)28(40)29(2,16-37)17-38;1-18-9-11-31-23(14-18)33-27(37)19-5-7-21(8-6-19)36-25-22(10-12-32-26(25)30)24(34-36)20-4-3-13-35(15-20)28(38)29(2)16-39-17-29/h5-12,14,20,37-38H,3-4,13,15-17H2,1-2H3,(H2,30,32)(H,31,33,39);5-12,14,20H,3-4,13,15-17H2,1-2H3,(H2,30,32)(H,31,33,37)/t2*20-/m11/s1. The van der Waals surface area contributed by atoms with E-state index in [1.807, 2.05) is 68.1 Å². The predicted molar refractivity (Wildman–Crippen MR) is 299 cm³/mol. The van der Waals surface area contributed by atoms with Crippen molar-refractivity contribution in [2.75, 3.05) is 74.7 Å². The number of carbonyl (C=O) groups is 4. The topological polar surface area (TPSA) is 288 Å². The number of nitrogen functional groups attached to an aromatic ring is 2. The number of fused-ring (bicyclic) bond motifs is 2. The summed E-state index contributed by atoms with van der Waals surface area (Å²) >= 11 is 0. The number of benzene rings is 2. The molecule has 0 saturated carbocycles. The van der Waals surface area contributed by atoms with Crippen molar-refractivity contribution >= 4 is 68.7 Å². The number of nitrogens with one attached hydrogen (secondary N) is 2. The molecule has 3 saturated heterocycles. The van der Waals surface area contributed by atoms with Gasteiger partial charge in [0.2, 0.25) is 11.8 Å². The third kappa shape index (κ3) is 11.0. The van der Waals surface area contributed by atoms with Crippen molar-refractivity contribution in [2.45, 2.75) is 65.2 Å². The van der Waals surface area contributed by atoms with E-state index in [0.717, 1.165) is 76.7 Å². The van der Waals surface area contributed by atoms with Crippen molar-refractivity contribution < 1.29 is 34.1 Å². The number of nitrogens with zero attached hydrogens (tertiary/aromatic N) is 10. The van der Waals surface area contributed by atoms with Crippen molar-refractivity contribution in [3.05, 3.63) is 143 Å².